The first-order valence-electron chi connectivity index (χ1n) is 8.43. The van der Waals surface area contributed by atoms with Crippen molar-refractivity contribution in [3.63, 3.8) is 0 Å². The van der Waals surface area contributed by atoms with Gasteiger partial charge in [0.15, 0.2) is 0 Å². The van der Waals surface area contributed by atoms with Gasteiger partial charge in [-0.1, -0.05) is 64.7 Å². The molecule has 21 heavy (non-hydrogen) atoms. The Morgan fingerprint density at radius 1 is 0.905 bits per heavy atom. The first kappa shape index (κ1) is 18.5. The van der Waals surface area contributed by atoms with Gasteiger partial charge < -0.3 is 5.32 Å². The second kappa shape index (κ2) is 12.0. The third-order valence-corrected chi connectivity index (χ3v) is 4.39. The fourth-order valence-corrected chi connectivity index (χ4v) is 2.83. The van der Waals surface area contributed by atoms with E-state index in [1.165, 1.54) is 70.3 Å². The number of rotatable bonds is 12. The van der Waals surface area contributed by atoms with Crippen LogP contribution in [0.15, 0.2) is 22.7 Å². The molecule has 0 atom stereocenters. The van der Waals surface area contributed by atoms with E-state index in [4.69, 9.17) is 0 Å². The van der Waals surface area contributed by atoms with Crippen LogP contribution in [-0.4, -0.2) is 6.54 Å². The van der Waals surface area contributed by atoms with E-state index in [1.54, 1.807) is 12.1 Å². The van der Waals surface area contributed by atoms with Gasteiger partial charge in [0.25, 0.3) is 0 Å². The Morgan fingerprint density at radius 2 is 1.48 bits per heavy atom. The SMILES string of the molecule is CCCCCCCCCCCCNc1ccc(F)c(Br)c1. The van der Waals surface area contributed by atoms with E-state index in [1.807, 2.05) is 0 Å². The molecule has 1 aromatic rings. The van der Waals surface area contributed by atoms with Gasteiger partial charge in [0.2, 0.25) is 0 Å². The maximum Gasteiger partial charge on any atom is 0.137 e. The minimum absolute atomic E-state index is 0.209. The molecule has 0 aromatic heterocycles. The van der Waals surface area contributed by atoms with Crippen LogP contribution < -0.4 is 5.32 Å². The molecular weight excluding hydrogens is 329 g/mol. The molecule has 0 unspecified atom stereocenters. The molecule has 1 aromatic carbocycles. The second-order valence-electron chi connectivity index (χ2n) is 5.74. The van der Waals surface area contributed by atoms with E-state index >= 15 is 0 Å². The van der Waals surface area contributed by atoms with E-state index in [9.17, 15) is 4.39 Å². The molecule has 0 amide bonds. The van der Waals surface area contributed by atoms with Crippen molar-refractivity contribution in [2.75, 3.05) is 11.9 Å². The van der Waals surface area contributed by atoms with Gasteiger partial charge >= 0.3 is 0 Å². The van der Waals surface area contributed by atoms with Gasteiger partial charge in [-0.15, -0.1) is 0 Å². The monoisotopic (exact) mass is 357 g/mol. The lowest BCUT2D eigenvalue weighted by Crippen LogP contribution is -2.01. The second-order valence-corrected chi connectivity index (χ2v) is 6.59. The van der Waals surface area contributed by atoms with E-state index in [2.05, 4.69) is 28.2 Å². The topological polar surface area (TPSA) is 12.0 Å². The molecule has 0 bridgehead atoms. The summed E-state index contributed by atoms with van der Waals surface area (Å²) in [6, 6.07) is 5.08. The Kier molecular flexibility index (Phi) is 10.6. The van der Waals surface area contributed by atoms with Gasteiger partial charge in [0.05, 0.1) is 4.47 Å². The number of halogens is 2. The fraction of sp³-hybridized carbons (Fsp3) is 0.667. The molecule has 120 valence electrons. The Morgan fingerprint density at radius 3 is 2.05 bits per heavy atom. The third-order valence-electron chi connectivity index (χ3n) is 3.78. The molecule has 0 aliphatic rings. The van der Waals surface area contributed by atoms with Gasteiger partial charge in [-0.3, -0.25) is 0 Å². The molecule has 3 heteroatoms. The molecule has 0 heterocycles. The maximum atomic E-state index is 13.1. The molecule has 1 N–H and O–H groups in total. The minimum Gasteiger partial charge on any atom is -0.385 e. The zero-order valence-corrected chi connectivity index (χ0v) is 14.9. The summed E-state index contributed by atoms with van der Waals surface area (Å²) in [5, 5.41) is 3.34. The van der Waals surface area contributed by atoms with Crippen LogP contribution in [0.2, 0.25) is 0 Å². The van der Waals surface area contributed by atoms with Crippen molar-refractivity contribution in [1.29, 1.82) is 0 Å². The van der Waals surface area contributed by atoms with Crippen molar-refractivity contribution < 1.29 is 4.39 Å². The summed E-state index contributed by atoms with van der Waals surface area (Å²) in [6.45, 7) is 3.23. The molecule has 0 spiro atoms. The summed E-state index contributed by atoms with van der Waals surface area (Å²) in [7, 11) is 0. The predicted octanol–water partition coefficient (Wildman–Crippen LogP) is 6.92. The van der Waals surface area contributed by atoms with Crippen LogP contribution >= 0.6 is 15.9 Å². The number of anilines is 1. The Labute approximate surface area is 137 Å². The first-order chi connectivity index (χ1) is 10.2. The van der Waals surface area contributed by atoms with Crippen LogP contribution in [0.4, 0.5) is 10.1 Å². The highest BCUT2D eigenvalue weighted by Gasteiger charge is 1.99. The summed E-state index contributed by atoms with van der Waals surface area (Å²) >= 11 is 3.20. The summed E-state index contributed by atoms with van der Waals surface area (Å²) in [5.41, 5.74) is 0.985. The predicted molar refractivity (Wildman–Crippen MR) is 94.4 cm³/mol. The first-order valence-corrected chi connectivity index (χ1v) is 9.22. The third kappa shape index (κ3) is 9.13. The summed E-state index contributed by atoms with van der Waals surface area (Å²) in [5.74, 6) is -0.209. The molecule has 0 saturated heterocycles. The van der Waals surface area contributed by atoms with Crippen LogP contribution in [-0.2, 0) is 0 Å². The van der Waals surface area contributed by atoms with E-state index in [0.29, 0.717) is 4.47 Å². The number of hydrogen-bond acceptors (Lipinski definition) is 1. The van der Waals surface area contributed by atoms with Crippen molar-refractivity contribution in [1.82, 2.24) is 0 Å². The molecule has 1 nitrogen and oxygen atoms in total. The van der Waals surface area contributed by atoms with Crippen molar-refractivity contribution >= 4 is 21.6 Å². The van der Waals surface area contributed by atoms with Gasteiger partial charge in [-0.25, -0.2) is 4.39 Å². The minimum atomic E-state index is -0.209. The molecule has 1 rings (SSSR count). The van der Waals surface area contributed by atoms with Crippen LogP contribution in [0, 0.1) is 5.82 Å². The lowest BCUT2D eigenvalue weighted by Gasteiger charge is -2.07. The van der Waals surface area contributed by atoms with E-state index in [0.717, 1.165) is 12.2 Å². The average molecular weight is 358 g/mol. The van der Waals surface area contributed by atoms with Gasteiger partial charge in [-0.2, -0.15) is 0 Å². The Bertz CT molecular complexity index is 381. The molecule has 0 fully saturated rings. The highest BCUT2D eigenvalue weighted by Crippen LogP contribution is 2.20. The standard InChI is InChI=1S/C18H29BrFN/c1-2-3-4-5-6-7-8-9-10-11-14-21-16-12-13-18(20)17(19)15-16/h12-13,15,21H,2-11,14H2,1H3. The number of unbranched alkanes of at least 4 members (excludes halogenated alkanes) is 9. The Hall–Kier alpha value is -0.570. The Balaban J connectivity index is 1.91. The van der Waals surface area contributed by atoms with Crippen LogP contribution in [0.3, 0.4) is 0 Å². The molecule has 0 saturated carbocycles. The van der Waals surface area contributed by atoms with Crippen molar-refractivity contribution in [3.8, 4) is 0 Å². The zero-order valence-electron chi connectivity index (χ0n) is 13.3. The summed E-state index contributed by atoms with van der Waals surface area (Å²) < 4.78 is 13.6. The van der Waals surface area contributed by atoms with Crippen LogP contribution in [0.1, 0.15) is 71.1 Å². The molecule has 0 aliphatic heterocycles. The molecule has 0 radical (unpaired) electrons. The highest BCUT2D eigenvalue weighted by atomic mass is 79.9. The average Bonchev–Trinajstić information content (AvgIpc) is 2.48. The summed E-state index contributed by atoms with van der Waals surface area (Å²) in [6.07, 6.45) is 13.5. The number of benzene rings is 1. The molecular formula is C18H29BrFN. The summed E-state index contributed by atoms with van der Waals surface area (Å²) in [4.78, 5) is 0. The van der Waals surface area contributed by atoms with E-state index in [-0.39, 0.29) is 5.82 Å². The number of hydrogen-bond donors (Lipinski definition) is 1. The van der Waals surface area contributed by atoms with Crippen LogP contribution in [0.25, 0.3) is 0 Å². The smallest absolute Gasteiger partial charge is 0.137 e. The zero-order chi connectivity index (χ0) is 15.3. The van der Waals surface area contributed by atoms with Crippen molar-refractivity contribution in [2.45, 2.75) is 71.1 Å². The quantitative estimate of drug-likeness (QED) is 0.400. The van der Waals surface area contributed by atoms with Crippen molar-refractivity contribution in [3.05, 3.63) is 28.5 Å². The lowest BCUT2D eigenvalue weighted by molar-refractivity contribution is 0.560. The maximum absolute atomic E-state index is 13.1. The van der Waals surface area contributed by atoms with Gasteiger partial charge in [0, 0.05) is 12.2 Å². The van der Waals surface area contributed by atoms with Gasteiger partial charge in [0.1, 0.15) is 5.82 Å². The van der Waals surface area contributed by atoms with Gasteiger partial charge in [-0.05, 0) is 40.5 Å². The van der Waals surface area contributed by atoms with E-state index < -0.39 is 0 Å². The largest absolute Gasteiger partial charge is 0.385 e. The number of nitrogens with one attached hydrogen (secondary N) is 1. The normalized spacial score (nSPS) is 10.8. The van der Waals surface area contributed by atoms with Crippen molar-refractivity contribution in [2.24, 2.45) is 0 Å². The fourth-order valence-electron chi connectivity index (χ4n) is 2.45. The highest BCUT2D eigenvalue weighted by molar-refractivity contribution is 9.10. The van der Waals surface area contributed by atoms with Crippen LogP contribution in [0.5, 0.6) is 0 Å². The lowest BCUT2D eigenvalue weighted by atomic mass is 10.1. The molecule has 0 aliphatic carbocycles.